The van der Waals surface area contributed by atoms with Crippen LogP contribution in [0.4, 0.5) is 9.18 Å². The molecule has 1 N–H and O–H groups in total. The predicted molar refractivity (Wildman–Crippen MR) is 118 cm³/mol. The minimum Gasteiger partial charge on any atom is -0.493 e. The van der Waals surface area contributed by atoms with E-state index in [0.29, 0.717) is 29.0 Å². The lowest BCUT2D eigenvalue weighted by Crippen LogP contribution is -2.47. The molecule has 5 rings (SSSR count). The maximum Gasteiger partial charge on any atom is 0.325 e. The second kappa shape index (κ2) is 7.58. The van der Waals surface area contributed by atoms with Crippen molar-refractivity contribution in [2.45, 2.75) is 25.8 Å². The Bertz CT molecular complexity index is 1300. The highest BCUT2D eigenvalue weighted by atomic mass is 19.1. The van der Waals surface area contributed by atoms with Gasteiger partial charge in [0.15, 0.2) is 11.3 Å². The highest BCUT2D eigenvalue weighted by Crippen LogP contribution is 2.41. The number of aryl methyl sites for hydroxylation is 1. The lowest BCUT2D eigenvalue weighted by atomic mass is 9.84. The molecule has 3 aromatic rings. The lowest BCUT2D eigenvalue weighted by Gasteiger charge is -2.33. The van der Waals surface area contributed by atoms with E-state index in [-0.39, 0.29) is 24.8 Å². The van der Waals surface area contributed by atoms with Gasteiger partial charge in [0.1, 0.15) is 11.6 Å². The van der Waals surface area contributed by atoms with Crippen LogP contribution in [0.1, 0.15) is 33.7 Å². The van der Waals surface area contributed by atoms with Crippen molar-refractivity contribution in [2.24, 2.45) is 0 Å². The third kappa shape index (κ3) is 3.21. The molecule has 1 atom stereocenters. The molecule has 3 heterocycles. The van der Waals surface area contributed by atoms with Gasteiger partial charge in [0.25, 0.3) is 5.91 Å². The molecule has 1 saturated heterocycles. The number of nitrogens with one attached hydrogen (secondary N) is 1. The van der Waals surface area contributed by atoms with Crippen molar-refractivity contribution in [2.75, 3.05) is 13.2 Å². The first-order valence-corrected chi connectivity index (χ1v) is 10.7. The SMILES string of the molecule is Cc1cc(C(=O)CN2C(=O)N[C@]3(CCOc4ccccc43)C2=O)c(C)n1-c1ccc(F)cc1. The molecule has 0 bridgehead atoms. The van der Waals surface area contributed by atoms with Gasteiger partial charge in [-0.05, 0) is 50.2 Å². The molecule has 2 aliphatic rings. The second-order valence-corrected chi connectivity index (χ2v) is 8.34. The van der Waals surface area contributed by atoms with E-state index >= 15 is 0 Å². The van der Waals surface area contributed by atoms with Gasteiger partial charge < -0.3 is 14.6 Å². The van der Waals surface area contributed by atoms with Gasteiger partial charge in [0, 0.05) is 34.6 Å². The van der Waals surface area contributed by atoms with Crippen LogP contribution < -0.4 is 10.1 Å². The van der Waals surface area contributed by atoms with Gasteiger partial charge in [-0.25, -0.2) is 9.18 Å². The molecule has 2 aromatic carbocycles. The average Bonchev–Trinajstić information content (AvgIpc) is 3.23. The summed E-state index contributed by atoms with van der Waals surface area (Å²) in [5.74, 6) is -0.602. The molecular formula is C25H22FN3O4. The normalized spacial score (nSPS) is 19.4. The van der Waals surface area contributed by atoms with E-state index in [2.05, 4.69) is 5.32 Å². The first-order valence-electron chi connectivity index (χ1n) is 10.7. The number of hydrogen-bond acceptors (Lipinski definition) is 4. The summed E-state index contributed by atoms with van der Waals surface area (Å²) in [6.07, 6.45) is 0.290. The summed E-state index contributed by atoms with van der Waals surface area (Å²) in [6.45, 7) is 3.53. The number of imide groups is 1. The first-order chi connectivity index (χ1) is 15.8. The third-order valence-electron chi connectivity index (χ3n) is 6.38. The van der Waals surface area contributed by atoms with Crippen LogP contribution in [0.3, 0.4) is 0 Å². The number of amides is 3. The Morgan fingerprint density at radius 1 is 1.12 bits per heavy atom. The van der Waals surface area contributed by atoms with E-state index in [1.807, 2.05) is 11.5 Å². The highest BCUT2D eigenvalue weighted by Gasteiger charge is 2.55. The Balaban J connectivity index is 1.44. The van der Waals surface area contributed by atoms with Crippen molar-refractivity contribution >= 4 is 17.7 Å². The number of nitrogens with zero attached hydrogens (tertiary/aromatic N) is 2. The number of rotatable bonds is 4. The molecule has 0 unspecified atom stereocenters. The zero-order valence-corrected chi connectivity index (χ0v) is 18.2. The van der Waals surface area contributed by atoms with E-state index in [0.717, 1.165) is 16.3 Å². The molecule has 1 aromatic heterocycles. The fourth-order valence-electron chi connectivity index (χ4n) is 4.78. The Kier molecular flexibility index (Phi) is 4.81. The Labute approximate surface area is 189 Å². The molecule has 1 fully saturated rings. The Morgan fingerprint density at radius 2 is 1.85 bits per heavy atom. The minimum absolute atomic E-state index is 0.281. The van der Waals surface area contributed by atoms with Crippen molar-refractivity contribution in [1.82, 2.24) is 14.8 Å². The van der Waals surface area contributed by atoms with Crippen LogP contribution in [0.25, 0.3) is 5.69 Å². The minimum atomic E-state index is -1.22. The largest absolute Gasteiger partial charge is 0.493 e. The number of benzene rings is 2. The maximum absolute atomic E-state index is 13.4. The van der Waals surface area contributed by atoms with Gasteiger partial charge in [0.2, 0.25) is 0 Å². The summed E-state index contributed by atoms with van der Waals surface area (Å²) in [5, 5.41) is 2.81. The number of Topliss-reactive ketones (excluding diaryl/α,β-unsaturated/α-hetero) is 1. The zero-order chi connectivity index (χ0) is 23.3. The number of carbonyl (C=O) groups is 3. The monoisotopic (exact) mass is 447 g/mol. The van der Waals surface area contributed by atoms with Gasteiger partial charge in [-0.3, -0.25) is 14.5 Å². The predicted octanol–water partition coefficient (Wildman–Crippen LogP) is 3.65. The van der Waals surface area contributed by atoms with Crippen LogP contribution in [0, 0.1) is 19.7 Å². The summed E-state index contributed by atoms with van der Waals surface area (Å²) < 4.78 is 20.8. The molecule has 2 aliphatic heterocycles. The third-order valence-corrected chi connectivity index (χ3v) is 6.38. The number of hydrogen-bond donors (Lipinski definition) is 1. The van der Waals surface area contributed by atoms with Gasteiger partial charge in [-0.15, -0.1) is 0 Å². The summed E-state index contributed by atoms with van der Waals surface area (Å²) >= 11 is 0. The number of para-hydroxylation sites is 1. The smallest absolute Gasteiger partial charge is 0.325 e. The van der Waals surface area contributed by atoms with Gasteiger partial charge in [0.05, 0.1) is 13.2 Å². The van der Waals surface area contributed by atoms with Crippen LogP contribution in [0.2, 0.25) is 0 Å². The Hall–Kier alpha value is -3.94. The molecule has 1 spiro atoms. The van der Waals surface area contributed by atoms with Gasteiger partial charge in [-0.2, -0.15) is 0 Å². The van der Waals surface area contributed by atoms with Crippen LogP contribution >= 0.6 is 0 Å². The van der Waals surface area contributed by atoms with Crippen LogP contribution in [-0.2, 0) is 10.3 Å². The summed E-state index contributed by atoms with van der Waals surface area (Å²) in [5.41, 5.74) is 1.94. The zero-order valence-electron chi connectivity index (χ0n) is 18.2. The van der Waals surface area contributed by atoms with Crippen molar-refractivity contribution in [3.05, 3.63) is 82.9 Å². The fraction of sp³-hybridized carbons (Fsp3) is 0.240. The molecular weight excluding hydrogens is 425 g/mol. The van der Waals surface area contributed by atoms with Crippen LogP contribution in [-0.4, -0.2) is 40.3 Å². The number of aromatic nitrogens is 1. The number of ether oxygens (including phenoxy) is 1. The van der Waals surface area contributed by atoms with E-state index in [9.17, 15) is 18.8 Å². The quantitative estimate of drug-likeness (QED) is 0.489. The topological polar surface area (TPSA) is 80.6 Å². The van der Waals surface area contributed by atoms with Crippen molar-refractivity contribution < 1.29 is 23.5 Å². The standard InChI is InChI=1S/C25H22FN3O4/c1-15-13-19(16(2)29(15)18-9-7-17(26)8-10-18)21(30)14-28-23(31)25(27-24(28)32)11-12-33-22-6-4-3-5-20(22)25/h3-10,13H,11-12,14H2,1-2H3,(H,27,32)/t25-/m0/s1. The van der Waals surface area contributed by atoms with Gasteiger partial charge >= 0.3 is 6.03 Å². The molecule has 168 valence electrons. The molecule has 0 aliphatic carbocycles. The molecule has 7 nitrogen and oxygen atoms in total. The molecule has 8 heteroatoms. The van der Waals surface area contributed by atoms with E-state index in [4.69, 9.17) is 4.74 Å². The van der Waals surface area contributed by atoms with Crippen LogP contribution in [0.5, 0.6) is 5.75 Å². The van der Waals surface area contributed by atoms with E-state index < -0.39 is 17.5 Å². The van der Waals surface area contributed by atoms with E-state index in [1.54, 1.807) is 49.4 Å². The first kappa shape index (κ1) is 20.9. The number of carbonyl (C=O) groups excluding carboxylic acids is 3. The van der Waals surface area contributed by atoms with Crippen molar-refractivity contribution in [3.63, 3.8) is 0 Å². The molecule has 33 heavy (non-hydrogen) atoms. The number of urea groups is 1. The lowest BCUT2D eigenvalue weighted by molar-refractivity contribution is -0.132. The van der Waals surface area contributed by atoms with Crippen molar-refractivity contribution in [1.29, 1.82) is 0 Å². The molecule has 3 amide bonds. The number of fused-ring (bicyclic) bond motifs is 2. The van der Waals surface area contributed by atoms with E-state index in [1.165, 1.54) is 12.1 Å². The second-order valence-electron chi connectivity index (χ2n) is 8.34. The van der Waals surface area contributed by atoms with Crippen molar-refractivity contribution in [3.8, 4) is 11.4 Å². The summed E-state index contributed by atoms with van der Waals surface area (Å²) in [6, 6.07) is 14.2. The summed E-state index contributed by atoms with van der Waals surface area (Å²) in [4.78, 5) is 40.4. The molecule has 0 radical (unpaired) electrons. The summed E-state index contributed by atoms with van der Waals surface area (Å²) in [7, 11) is 0. The fourth-order valence-corrected chi connectivity index (χ4v) is 4.78. The average molecular weight is 447 g/mol. The van der Waals surface area contributed by atoms with Gasteiger partial charge in [-0.1, -0.05) is 18.2 Å². The highest BCUT2D eigenvalue weighted by molar-refractivity contribution is 6.12. The molecule has 0 saturated carbocycles. The maximum atomic E-state index is 13.4. The Morgan fingerprint density at radius 3 is 2.61 bits per heavy atom. The van der Waals surface area contributed by atoms with Crippen LogP contribution in [0.15, 0.2) is 54.6 Å². The number of ketones is 1. The number of halogens is 1.